The molecule has 0 saturated carbocycles. The highest BCUT2D eigenvalue weighted by atomic mass is 35.5. The van der Waals surface area contributed by atoms with Crippen molar-refractivity contribution in [3.63, 3.8) is 0 Å². The van der Waals surface area contributed by atoms with Crippen LogP contribution in [0, 0.1) is 0 Å². The van der Waals surface area contributed by atoms with Crippen molar-refractivity contribution in [1.29, 1.82) is 0 Å². The minimum absolute atomic E-state index is 0.0364. The van der Waals surface area contributed by atoms with E-state index >= 15 is 4.39 Å². The third kappa shape index (κ3) is 7.46. The Kier molecular flexibility index (Phi) is 10.6. The van der Waals surface area contributed by atoms with Crippen molar-refractivity contribution in [3.05, 3.63) is 45.3 Å². The lowest BCUT2D eigenvalue weighted by Gasteiger charge is -2.28. The summed E-state index contributed by atoms with van der Waals surface area (Å²) in [5, 5.41) is 18.0. The quantitative estimate of drug-likeness (QED) is 0.295. The molecule has 0 aromatic heterocycles. The lowest BCUT2D eigenvalue weighted by atomic mass is 9.95. The normalized spacial score (nSPS) is 19.2. The molecular weight excluding hydrogens is 591 g/mol. The van der Waals surface area contributed by atoms with Crippen LogP contribution < -0.4 is 9.47 Å². The van der Waals surface area contributed by atoms with Gasteiger partial charge in [-0.25, -0.2) is 4.39 Å². The van der Waals surface area contributed by atoms with Gasteiger partial charge in [0.25, 0.3) is 0 Å². The van der Waals surface area contributed by atoms with E-state index in [9.17, 15) is 19.2 Å². The lowest BCUT2D eigenvalue weighted by Crippen LogP contribution is -2.34. The van der Waals surface area contributed by atoms with Crippen molar-refractivity contribution in [3.8, 4) is 11.5 Å². The van der Waals surface area contributed by atoms with Crippen LogP contribution >= 0.6 is 11.6 Å². The molecule has 3 aliphatic rings. The van der Waals surface area contributed by atoms with Gasteiger partial charge in [0.15, 0.2) is 11.5 Å². The fraction of sp³-hybridized carbons (Fsp3) is 0.517. The Balaban J connectivity index is 1.33. The highest BCUT2D eigenvalue weighted by molar-refractivity contribution is 6.33. The smallest absolute Gasteiger partial charge is 0.303 e. The van der Waals surface area contributed by atoms with Gasteiger partial charge >= 0.3 is 11.9 Å². The molecular formula is C29H34ClFN2O10. The largest absolute Gasteiger partial charge is 0.493 e. The fourth-order valence-electron chi connectivity index (χ4n) is 5.28. The van der Waals surface area contributed by atoms with Gasteiger partial charge in [0.1, 0.15) is 18.0 Å². The van der Waals surface area contributed by atoms with Crippen LogP contribution in [-0.4, -0.2) is 96.5 Å². The Hall–Kier alpha value is -3.68. The van der Waals surface area contributed by atoms with Gasteiger partial charge in [-0.15, -0.1) is 0 Å². The molecule has 1 aromatic rings. The van der Waals surface area contributed by atoms with Crippen molar-refractivity contribution < 1.29 is 52.7 Å². The highest BCUT2D eigenvalue weighted by Gasteiger charge is 2.38. The molecule has 2 amide bonds. The van der Waals surface area contributed by atoms with E-state index in [-0.39, 0.29) is 76.9 Å². The van der Waals surface area contributed by atoms with E-state index in [1.807, 2.05) is 0 Å². The van der Waals surface area contributed by atoms with E-state index in [1.54, 1.807) is 12.1 Å². The monoisotopic (exact) mass is 624 g/mol. The van der Waals surface area contributed by atoms with Gasteiger partial charge in [-0.1, -0.05) is 11.6 Å². The van der Waals surface area contributed by atoms with Crippen LogP contribution in [0.15, 0.2) is 29.1 Å². The molecule has 12 nitrogen and oxygen atoms in total. The predicted octanol–water partition coefficient (Wildman–Crippen LogP) is 3.10. The van der Waals surface area contributed by atoms with Gasteiger partial charge in [0, 0.05) is 58.1 Å². The molecule has 2 heterocycles. The van der Waals surface area contributed by atoms with E-state index in [4.69, 9.17) is 40.8 Å². The summed E-state index contributed by atoms with van der Waals surface area (Å²) in [7, 11) is 2.90. The molecule has 234 valence electrons. The molecule has 2 N–H and O–H groups in total. The second kappa shape index (κ2) is 14.2. The molecule has 43 heavy (non-hydrogen) atoms. The van der Waals surface area contributed by atoms with Crippen LogP contribution in [0.4, 0.5) is 4.39 Å². The zero-order valence-corrected chi connectivity index (χ0v) is 24.7. The van der Waals surface area contributed by atoms with Gasteiger partial charge in [-0.05, 0) is 28.8 Å². The number of methoxy groups -OCH3 is 2. The van der Waals surface area contributed by atoms with Gasteiger partial charge in [0.05, 0.1) is 38.2 Å². The zero-order valence-electron chi connectivity index (χ0n) is 23.9. The average molecular weight is 625 g/mol. The molecule has 2 unspecified atom stereocenters. The number of halogens is 2. The first-order chi connectivity index (χ1) is 20.5. The average Bonchev–Trinajstić information content (AvgIpc) is 3.61. The number of carboxylic acid groups (broad SMARTS) is 2. The number of hydrogen-bond acceptors (Lipinski definition) is 8. The van der Waals surface area contributed by atoms with E-state index in [0.717, 1.165) is 5.56 Å². The number of hydrogen-bond donors (Lipinski definition) is 2. The number of likely N-dealkylation sites (tertiary alicyclic amines) is 1. The summed E-state index contributed by atoms with van der Waals surface area (Å²) in [4.78, 5) is 49.4. The van der Waals surface area contributed by atoms with Crippen LogP contribution in [0.5, 0.6) is 11.5 Å². The van der Waals surface area contributed by atoms with Crippen LogP contribution in [0.2, 0.25) is 5.02 Å². The lowest BCUT2D eigenvalue weighted by molar-refractivity contribution is -0.141. The summed E-state index contributed by atoms with van der Waals surface area (Å²) in [6.45, 7) is 1.000. The van der Waals surface area contributed by atoms with Crippen molar-refractivity contribution in [1.82, 2.24) is 9.80 Å². The zero-order chi connectivity index (χ0) is 31.3. The third-order valence-corrected chi connectivity index (χ3v) is 7.93. The van der Waals surface area contributed by atoms with Crippen LogP contribution in [-0.2, 0) is 41.7 Å². The SMILES string of the molecule is COc1cc2c(c(Cl)c1OCCCOC1C(F)=C3CN(C(=O)CCC(=O)O)CC3=CC1OC)CN(C(=O)CCC(=O)O)C2. The van der Waals surface area contributed by atoms with E-state index < -0.39 is 30.0 Å². The number of carbonyl (C=O) groups excluding carboxylic acids is 2. The third-order valence-electron chi connectivity index (χ3n) is 7.53. The molecule has 0 bridgehead atoms. The van der Waals surface area contributed by atoms with Crippen LogP contribution in [0.1, 0.15) is 43.2 Å². The van der Waals surface area contributed by atoms with Gasteiger partial charge < -0.3 is 39.0 Å². The molecule has 0 spiro atoms. The molecule has 1 saturated heterocycles. The number of carbonyl (C=O) groups is 4. The first kappa shape index (κ1) is 32.2. The molecule has 1 fully saturated rings. The van der Waals surface area contributed by atoms with E-state index in [0.29, 0.717) is 39.7 Å². The Bertz CT molecular complexity index is 1350. The van der Waals surface area contributed by atoms with Crippen LogP contribution in [0.25, 0.3) is 0 Å². The summed E-state index contributed by atoms with van der Waals surface area (Å²) in [5.41, 5.74) is 2.46. The Morgan fingerprint density at radius 2 is 1.60 bits per heavy atom. The number of amides is 2. The second-order valence-electron chi connectivity index (χ2n) is 10.4. The highest BCUT2D eigenvalue weighted by Crippen LogP contribution is 2.43. The van der Waals surface area contributed by atoms with Crippen molar-refractivity contribution >= 4 is 35.4 Å². The maximum atomic E-state index is 15.5. The summed E-state index contributed by atoms with van der Waals surface area (Å²) in [5.74, 6) is -2.61. The topological polar surface area (TPSA) is 152 Å². The number of carboxylic acids is 2. The summed E-state index contributed by atoms with van der Waals surface area (Å²) < 4.78 is 38.2. The van der Waals surface area contributed by atoms with Crippen molar-refractivity contribution in [2.45, 2.75) is 57.4 Å². The van der Waals surface area contributed by atoms with Gasteiger partial charge in [-0.3, -0.25) is 19.2 Å². The summed E-state index contributed by atoms with van der Waals surface area (Å²) >= 11 is 6.64. The Morgan fingerprint density at radius 3 is 2.21 bits per heavy atom. The van der Waals surface area contributed by atoms with Crippen LogP contribution in [0.3, 0.4) is 0 Å². The van der Waals surface area contributed by atoms with Gasteiger partial charge in [-0.2, -0.15) is 0 Å². The number of ether oxygens (including phenoxy) is 4. The summed E-state index contributed by atoms with van der Waals surface area (Å²) in [6, 6.07) is 1.74. The first-order valence-electron chi connectivity index (χ1n) is 13.8. The standard InChI is InChI=1S/C29H34ClFN2O10/c1-40-20-10-16-12-32(22(34)4-6-24(36)37)14-18(16)26(30)28(20)42-8-3-9-43-29-21(41-2)11-17-13-33(15-19(17)27(29)31)23(35)5-7-25(38)39/h10-11,21,29H,3-9,12-15H2,1-2H3,(H,36,37)(H,38,39). The minimum atomic E-state index is -1.07. The molecule has 2 aliphatic heterocycles. The minimum Gasteiger partial charge on any atom is -0.493 e. The maximum absolute atomic E-state index is 15.5. The molecule has 1 aliphatic carbocycles. The number of nitrogens with zero attached hydrogens (tertiary/aromatic N) is 2. The molecule has 4 rings (SSSR count). The van der Waals surface area contributed by atoms with E-state index in [1.165, 1.54) is 24.0 Å². The number of rotatable bonds is 14. The van der Waals surface area contributed by atoms with Gasteiger partial charge in [0.2, 0.25) is 11.8 Å². The number of fused-ring (bicyclic) bond motifs is 2. The van der Waals surface area contributed by atoms with Crippen molar-refractivity contribution in [2.75, 3.05) is 40.5 Å². The molecule has 14 heteroatoms. The molecule has 1 aromatic carbocycles. The second-order valence-corrected chi connectivity index (χ2v) is 10.7. The van der Waals surface area contributed by atoms with Crippen molar-refractivity contribution in [2.24, 2.45) is 0 Å². The predicted molar refractivity (Wildman–Crippen MR) is 149 cm³/mol. The Labute approximate surface area is 252 Å². The Morgan fingerprint density at radius 1 is 0.953 bits per heavy atom. The molecule has 2 atom stereocenters. The fourth-order valence-corrected chi connectivity index (χ4v) is 5.61. The molecule has 0 radical (unpaired) electrons. The van der Waals surface area contributed by atoms with E-state index in [2.05, 4.69) is 0 Å². The number of aliphatic carboxylic acids is 2. The maximum Gasteiger partial charge on any atom is 0.303 e. The first-order valence-corrected chi connectivity index (χ1v) is 14.2. The summed E-state index contributed by atoms with van der Waals surface area (Å²) in [6.07, 6.45) is -0.438. The number of benzene rings is 1.